The molecule has 0 saturated heterocycles. The highest BCUT2D eigenvalue weighted by Crippen LogP contribution is 2.23. The first-order chi connectivity index (χ1) is 7.18. The smallest absolute Gasteiger partial charge is 0.0652 e. The zero-order valence-electron chi connectivity index (χ0n) is 10.7. The maximum absolute atomic E-state index is 8.70. The summed E-state index contributed by atoms with van der Waals surface area (Å²) in [6, 6.07) is 0. The molecule has 0 spiro atoms. The Morgan fingerprint density at radius 1 is 1.07 bits per heavy atom. The van der Waals surface area contributed by atoms with Gasteiger partial charge in [-0.3, -0.25) is 0 Å². The molecule has 0 rings (SSSR count). The number of ether oxygens (including phenoxy) is 1. The van der Waals surface area contributed by atoms with E-state index in [-0.39, 0.29) is 12.2 Å². The number of aliphatic hydroxyl groups is 1. The van der Waals surface area contributed by atoms with E-state index in [1.165, 1.54) is 25.7 Å². The molecule has 1 N–H and O–H groups in total. The van der Waals surface area contributed by atoms with E-state index in [1.54, 1.807) is 0 Å². The van der Waals surface area contributed by atoms with E-state index < -0.39 is 0 Å². The Hall–Kier alpha value is -0.0800. The largest absolute Gasteiger partial charge is 0.396 e. The zero-order chi connectivity index (χ0) is 11.6. The topological polar surface area (TPSA) is 29.5 Å². The highest BCUT2D eigenvalue weighted by molar-refractivity contribution is 4.73. The predicted molar refractivity (Wildman–Crippen MR) is 65.1 cm³/mol. The Labute approximate surface area is 95.0 Å². The van der Waals surface area contributed by atoms with E-state index in [0.717, 1.165) is 19.3 Å². The number of aliphatic hydroxyl groups excluding tert-OH is 1. The van der Waals surface area contributed by atoms with Crippen LogP contribution >= 0.6 is 0 Å². The van der Waals surface area contributed by atoms with Crippen molar-refractivity contribution in [2.75, 3.05) is 13.2 Å². The summed E-state index contributed by atoms with van der Waals surface area (Å²) >= 11 is 0. The molecule has 0 saturated carbocycles. The minimum Gasteiger partial charge on any atom is -0.396 e. The van der Waals surface area contributed by atoms with Gasteiger partial charge >= 0.3 is 0 Å². The van der Waals surface area contributed by atoms with Crippen LogP contribution in [0.25, 0.3) is 0 Å². The van der Waals surface area contributed by atoms with Crippen LogP contribution in [0.15, 0.2) is 0 Å². The first-order valence-electron chi connectivity index (χ1n) is 6.43. The lowest BCUT2D eigenvalue weighted by atomic mass is 9.95. The van der Waals surface area contributed by atoms with Crippen LogP contribution in [0.4, 0.5) is 0 Å². The molecule has 0 aromatic rings. The summed E-state index contributed by atoms with van der Waals surface area (Å²) in [5.41, 5.74) is 0.0307. The van der Waals surface area contributed by atoms with Gasteiger partial charge in [0.25, 0.3) is 0 Å². The third kappa shape index (κ3) is 7.80. The maximum atomic E-state index is 8.70. The molecule has 15 heavy (non-hydrogen) atoms. The van der Waals surface area contributed by atoms with Crippen molar-refractivity contribution >= 4 is 0 Å². The molecular weight excluding hydrogens is 188 g/mol. The Kier molecular flexibility index (Phi) is 9.12. The lowest BCUT2D eigenvalue weighted by molar-refractivity contribution is -0.0461. The van der Waals surface area contributed by atoms with Crippen LogP contribution in [0.3, 0.4) is 0 Å². The fourth-order valence-corrected chi connectivity index (χ4v) is 1.66. The van der Waals surface area contributed by atoms with Gasteiger partial charge in [-0.25, -0.2) is 0 Å². The van der Waals surface area contributed by atoms with Crippen LogP contribution in [0, 0.1) is 0 Å². The second-order valence-electron chi connectivity index (χ2n) is 4.54. The van der Waals surface area contributed by atoms with E-state index in [9.17, 15) is 0 Å². The first kappa shape index (κ1) is 14.9. The van der Waals surface area contributed by atoms with Crippen LogP contribution in [-0.2, 0) is 4.74 Å². The van der Waals surface area contributed by atoms with Crippen molar-refractivity contribution in [3.63, 3.8) is 0 Å². The van der Waals surface area contributed by atoms with Gasteiger partial charge in [-0.1, -0.05) is 39.5 Å². The van der Waals surface area contributed by atoms with Gasteiger partial charge in [0.15, 0.2) is 0 Å². The van der Waals surface area contributed by atoms with Crippen molar-refractivity contribution in [1.82, 2.24) is 0 Å². The molecule has 1 atom stereocenters. The summed E-state index contributed by atoms with van der Waals surface area (Å²) in [6.07, 6.45) is 8.15. The molecule has 2 heteroatoms. The molecule has 0 aromatic heterocycles. The molecule has 0 aliphatic rings. The molecule has 0 amide bonds. The van der Waals surface area contributed by atoms with Crippen molar-refractivity contribution in [3.05, 3.63) is 0 Å². The van der Waals surface area contributed by atoms with Crippen molar-refractivity contribution in [2.24, 2.45) is 0 Å². The minimum atomic E-state index is 0.0307. The lowest BCUT2D eigenvalue weighted by Crippen LogP contribution is -2.28. The molecule has 92 valence electrons. The highest BCUT2D eigenvalue weighted by atomic mass is 16.5. The second-order valence-corrected chi connectivity index (χ2v) is 4.54. The molecule has 2 nitrogen and oxygen atoms in total. The number of unbranched alkanes of at least 4 members (excludes halogenated alkanes) is 3. The van der Waals surface area contributed by atoms with Crippen LogP contribution in [0.5, 0.6) is 0 Å². The summed E-state index contributed by atoms with van der Waals surface area (Å²) in [4.78, 5) is 0. The van der Waals surface area contributed by atoms with Gasteiger partial charge < -0.3 is 9.84 Å². The van der Waals surface area contributed by atoms with Gasteiger partial charge in [0, 0.05) is 13.2 Å². The molecule has 0 aliphatic carbocycles. The quantitative estimate of drug-likeness (QED) is 0.566. The number of hydrogen-bond donors (Lipinski definition) is 1. The standard InChI is InChI=1S/C13H28O2/c1-4-6-7-8-10-13(3,5-2)15-12-9-11-14/h14H,4-12H2,1-3H3. The van der Waals surface area contributed by atoms with Crippen molar-refractivity contribution in [3.8, 4) is 0 Å². The van der Waals surface area contributed by atoms with Crippen molar-refractivity contribution in [2.45, 2.75) is 71.3 Å². The van der Waals surface area contributed by atoms with E-state index in [0.29, 0.717) is 6.61 Å². The monoisotopic (exact) mass is 216 g/mol. The van der Waals surface area contributed by atoms with E-state index in [2.05, 4.69) is 20.8 Å². The Morgan fingerprint density at radius 2 is 1.80 bits per heavy atom. The van der Waals surface area contributed by atoms with Gasteiger partial charge in [-0.2, -0.15) is 0 Å². The zero-order valence-corrected chi connectivity index (χ0v) is 10.7. The number of hydrogen-bond acceptors (Lipinski definition) is 2. The third-order valence-corrected chi connectivity index (χ3v) is 3.06. The molecule has 0 radical (unpaired) electrons. The fourth-order valence-electron chi connectivity index (χ4n) is 1.66. The van der Waals surface area contributed by atoms with E-state index in [1.807, 2.05) is 0 Å². The first-order valence-corrected chi connectivity index (χ1v) is 6.43. The number of rotatable bonds is 10. The van der Waals surface area contributed by atoms with Gasteiger partial charge in [0.1, 0.15) is 0 Å². The predicted octanol–water partition coefficient (Wildman–Crippen LogP) is 3.52. The Morgan fingerprint density at radius 3 is 2.33 bits per heavy atom. The summed E-state index contributed by atoms with van der Waals surface area (Å²) < 4.78 is 5.84. The summed E-state index contributed by atoms with van der Waals surface area (Å²) in [6.45, 7) is 7.52. The van der Waals surface area contributed by atoms with Crippen molar-refractivity contribution < 1.29 is 9.84 Å². The normalized spacial score (nSPS) is 15.2. The average molecular weight is 216 g/mol. The Bertz CT molecular complexity index is 136. The van der Waals surface area contributed by atoms with Crippen molar-refractivity contribution in [1.29, 1.82) is 0 Å². The lowest BCUT2D eigenvalue weighted by Gasteiger charge is -2.28. The van der Waals surface area contributed by atoms with Gasteiger partial charge in [0.05, 0.1) is 5.60 Å². The summed E-state index contributed by atoms with van der Waals surface area (Å²) in [5.74, 6) is 0. The van der Waals surface area contributed by atoms with E-state index in [4.69, 9.17) is 9.84 Å². The minimum absolute atomic E-state index is 0.0307. The fraction of sp³-hybridized carbons (Fsp3) is 1.00. The summed E-state index contributed by atoms with van der Waals surface area (Å²) in [7, 11) is 0. The maximum Gasteiger partial charge on any atom is 0.0652 e. The molecule has 0 fully saturated rings. The van der Waals surface area contributed by atoms with Crippen LogP contribution in [-0.4, -0.2) is 23.9 Å². The van der Waals surface area contributed by atoms with Gasteiger partial charge in [-0.05, 0) is 26.2 Å². The summed E-state index contributed by atoms with van der Waals surface area (Å²) in [5, 5.41) is 8.70. The SMILES string of the molecule is CCCCCCC(C)(CC)OCCCO. The van der Waals surface area contributed by atoms with Crippen LogP contribution in [0.2, 0.25) is 0 Å². The molecule has 0 heterocycles. The van der Waals surface area contributed by atoms with Crippen LogP contribution < -0.4 is 0 Å². The van der Waals surface area contributed by atoms with Crippen LogP contribution in [0.1, 0.15) is 65.7 Å². The third-order valence-electron chi connectivity index (χ3n) is 3.06. The molecule has 1 unspecified atom stereocenters. The molecule has 0 aromatic carbocycles. The highest BCUT2D eigenvalue weighted by Gasteiger charge is 2.21. The Balaban J connectivity index is 3.65. The van der Waals surface area contributed by atoms with Gasteiger partial charge in [0.2, 0.25) is 0 Å². The average Bonchev–Trinajstić information content (AvgIpc) is 2.25. The molecule has 0 bridgehead atoms. The second kappa shape index (κ2) is 9.17. The molecular formula is C13H28O2. The van der Waals surface area contributed by atoms with E-state index >= 15 is 0 Å². The molecule has 0 aliphatic heterocycles. The van der Waals surface area contributed by atoms with Gasteiger partial charge in [-0.15, -0.1) is 0 Å².